The highest BCUT2D eigenvalue weighted by atomic mass is 16.5. The maximum Gasteiger partial charge on any atom is 0.312 e. The number of rotatable bonds is 7. The summed E-state index contributed by atoms with van der Waals surface area (Å²) >= 11 is 0. The zero-order valence-corrected chi connectivity index (χ0v) is 16.7. The number of likely N-dealkylation sites (N-methyl/N-ethyl adjacent to an activating group) is 1. The highest BCUT2D eigenvalue weighted by Gasteiger charge is 2.31. The number of carbonyl (C=O) groups excluding carboxylic acids is 3. The molecule has 0 aromatic heterocycles. The molecule has 0 bridgehead atoms. The van der Waals surface area contributed by atoms with Gasteiger partial charge in [0.1, 0.15) is 5.75 Å². The van der Waals surface area contributed by atoms with Gasteiger partial charge in [0.05, 0.1) is 7.11 Å². The van der Waals surface area contributed by atoms with Crippen LogP contribution in [-0.2, 0) is 22.7 Å². The lowest BCUT2D eigenvalue weighted by Crippen LogP contribution is -2.53. The Bertz CT molecular complexity index is 878. The van der Waals surface area contributed by atoms with Crippen molar-refractivity contribution < 1.29 is 19.1 Å². The van der Waals surface area contributed by atoms with E-state index in [4.69, 9.17) is 4.74 Å². The maximum absolute atomic E-state index is 12.4. The van der Waals surface area contributed by atoms with Crippen molar-refractivity contribution in [1.82, 2.24) is 15.1 Å². The molecule has 0 atom stereocenters. The fourth-order valence-corrected chi connectivity index (χ4v) is 3.18. The summed E-state index contributed by atoms with van der Waals surface area (Å²) in [4.78, 5) is 39.7. The van der Waals surface area contributed by atoms with Gasteiger partial charge < -0.3 is 19.9 Å². The Hall–Kier alpha value is -3.35. The molecule has 2 aromatic rings. The Morgan fingerprint density at radius 2 is 1.52 bits per heavy atom. The predicted molar refractivity (Wildman–Crippen MR) is 108 cm³/mol. The van der Waals surface area contributed by atoms with Gasteiger partial charge in [0.15, 0.2) is 0 Å². The first kappa shape index (κ1) is 20.4. The number of piperazine rings is 1. The summed E-state index contributed by atoms with van der Waals surface area (Å²) < 4.78 is 5.12. The molecule has 0 aliphatic carbocycles. The summed E-state index contributed by atoms with van der Waals surface area (Å²) in [6.45, 7) is 4.24. The molecule has 7 nitrogen and oxygen atoms in total. The Morgan fingerprint density at radius 3 is 2.14 bits per heavy atom. The van der Waals surface area contributed by atoms with Crippen LogP contribution >= 0.6 is 0 Å². The molecule has 3 rings (SSSR count). The molecule has 1 fully saturated rings. The quantitative estimate of drug-likeness (QED) is 0.726. The average molecular weight is 395 g/mol. The molecule has 0 radical (unpaired) electrons. The van der Waals surface area contributed by atoms with Crippen LogP contribution in [0.4, 0.5) is 0 Å². The fraction of sp³-hybridized carbons (Fsp3) is 0.318. The number of benzene rings is 2. The average Bonchev–Trinajstić information content (AvgIpc) is 2.76. The predicted octanol–water partition coefficient (Wildman–Crippen LogP) is 1.82. The van der Waals surface area contributed by atoms with Gasteiger partial charge in [0.25, 0.3) is 5.91 Å². The van der Waals surface area contributed by atoms with Gasteiger partial charge in [-0.3, -0.25) is 14.4 Å². The first-order valence-corrected chi connectivity index (χ1v) is 9.60. The van der Waals surface area contributed by atoms with Gasteiger partial charge in [-0.25, -0.2) is 0 Å². The van der Waals surface area contributed by atoms with Crippen molar-refractivity contribution in [2.45, 2.75) is 20.0 Å². The normalized spacial score (nSPS) is 14.1. The topological polar surface area (TPSA) is 79.0 Å². The minimum absolute atomic E-state index is 0.171. The summed E-state index contributed by atoms with van der Waals surface area (Å²) in [6, 6.07) is 14.6. The van der Waals surface area contributed by atoms with Gasteiger partial charge in [-0.15, -0.1) is 0 Å². The number of nitrogens with one attached hydrogen (secondary N) is 1. The second kappa shape index (κ2) is 9.23. The van der Waals surface area contributed by atoms with E-state index in [9.17, 15) is 14.4 Å². The van der Waals surface area contributed by atoms with Crippen LogP contribution in [0, 0.1) is 0 Å². The van der Waals surface area contributed by atoms with Gasteiger partial charge in [0, 0.05) is 38.3 Å². The molecule has 2 aromatic carbocycles. The van der Waals surface area contributed by atoms with E-state index < -0.39 is 11.8 Å². The van der Waals surface area contributed by atoms with Gasteiger partial charge in [-0.2, -0.15) is 0 Å². The number of ether oxygens (including phenoxy) is 1. The van der Waals surface area contributed by atoms with E-state index in [2.05, 4.69) is 5.32 Å². The third-order valence-electron chi connectivity index (χ3n) is 4.98. The van der Waals surface area contributed by atoms with Crippen LogP contribution in [0.2, 0.25) is 0 Å². The number of hydrogen-bond acceptors (Lipinski definition) is 4. The maximum atomic E-state index is 12.4. The molecular weight excluding hydrogens is 370 g/mol. The minimum atomic E-state index is -0.473. The van der Waals surface area contributed by atoms with E-state index >= 15 is 0 Å². The van der Waals surface area contributed by atoms with E-state index in [1.165, 1.54) is 0 Å². The highest BCUT2D eigenvalue weighted by Crippen LogP contribution is 2.13. The molecule has 29 heavy (non-hydrogen) atoms. The van der Waals surface area contributed by atoms with E-state index in [0.717, 1.165) is 16.9 Å². The molecule has 1 aliphatic heterocycles. The number of methoxy groups -OCH3 is 1. The highest BCUT2D eigenvalue weighted by molar-refractivity contribution is 6.35. The van der Waals surface area contributed by atoms with Crippen LogP contribution in [0.3, 0.4) is 0 Å². The summed E-state index contributed by atoms with van der Waals surface area (Å²) in [5, 5.41) is 2.88. The molecule has 1 saturated heterocycles. The Kier molecular flexibility index (Phi) is 6.49. The summed E-state index contributed by atoms with van der Waals surface area (Å²) in [7, 11) is 1.61. The lowest BCUT2D eigenvalue weighted by molar-refractivity contribution is -0.156. The molecule has 0 unspecified atom stereocenters. The van der Waals surface area contributed by atoms with E-state index in [0.29, 0.717) is 38.3 Å². The van der Waals surface area contributed by atoms with Gasteiger partial charge in [-0.05, 0) is 42.3 Å². The van der Waals surface area contributed by atoms with Crippen molar-refractivity contribution in [2.75, 3.05) is 26.7 Å². The number of carbonyl (C=O) groups is 3. The third kappa shape index (κ3) is 4.93. The standard InChI is InChI=1S/C22H25N3O4/c1-3-24-12-13-25(22(28)21(24)27)15-17-4-8-18(9-5-17)20(26)23-14-16-6-10-19(29-2)11-7-16/h4-11H,3,12-15H2,1-2H3,(H,23,26). The number of hydrogen-bond donors (Lipinski definition) is 1. The number of nitrogens with zero attached hydrogens (tertiary/aromatic N) is 2. The molecule has 0 spiro atoms. The molecule has 152 valence electrons. The first-order valence-electron chi connectivity index (χ1n) is 9.60. The van der Waals surface area contributed by atoms with E-state index in [1.54, 1.807) is 29.0 Å². The monoisotopic (exact) mass is 395 g/mol. The van der Waals surface area contributed by atoms with Crippen molar-refractivity contribution >= 4 is 17.7 Å². The van der Waals surface area contributed by atoms with Crippen molar-refractivity contribution in [3.63, 3.8) is 0 Å². The van der Waals surface area contributed by atoms with Crippen molar-refractivity contribution in [1.29, 1.82) is 0 Å². The number of amides is 3. The van der Waals surface area contributed by atoms with Crippen molar-refractivity contribution in [2.24, 2.45) is 0 Å². The van der Waals surface area contributed by atoms with Crippen LogP contribution in [0.25, 0.3) is 0 Å². The molecule has 1 heterocycles. The second-order valence-electron chi connectivity index (χ2n) is 6.84. The molecular formula is C22H25N3O4. The van der Waals surface area contributed by atoms with Gasteiger partial charge in [0.2, 0.25) is 0 Å². The van der Waals surface area contributed by atoms with Crippen LogP contribution < -0.4 is 10.1 Å². The van der Waals surface area contributed by atoms with Crippen molar-refractivity contribution in [3.8, 4) is 5.75 Å². The molecule has 1 aliphatic rings. The summed E-state index contributed by atoms with van der Waals surface area (Å²) in [5.41, 5.74) is 2.40. The Labute approximate surface area is 170 Å². The van der Waals surface area contributed by atoms with E-state index in [1.807, 2.05) is 43.3 Å². The largest absolute Gasteiger partial charge is 0.497 e. The zero-order chi connectivity index (χ0) is 20.8. The smallest absolute Gasteiger partial charge is 0.312 e. The Morgan fingerprint density at radius 1 is 0.931 bits per heavy atom. The molecule has 1 N–H and O–H groups in total. The minimum Gasteiger partial charge on any atom is -0.497 e. The van der Waals surface area contributed by atoms with Crippen molar-refractivity contribution in [3.05, 3.63) is 65.2 Å². The first-order chi connectivity index (χ1) is 14.0. The lowest BCUT2D eigenvalue weighted by Gasteiger charge is -2.33. The lowest BCUT2D eigenvalue weighted by atomic mass is 10.1. The molecule has 3 amide bonds. The fourth-order valence-electron chi connectivity index (χ4n) is 3.18. The second-order valence-corrected chi connectivity index (χ2v) is 6.84. The summed E-state index contributed by atoms with van der Waals surface area (Å²) in [6.07, 6.45) is 0. The third-order valence-corrected chi connectivity index (χ3v) is 4.98. The Balaban J connectivity index is 1.54. The van der Waals surface area contributed by atoms with E-state index in [-0.39, 0.29) is 5.91 Å². The van der Waals surface area contributed by atoms with Crippen LogP contribution in [0.1, 0.15) is 28.4 Å². The summed E-state index contributed by atoms with van der Waals surface area (Å²) in [5.74, 6) is -0.324. The van der Waals surface area contributed by atoms with Crippen LogP contribution in [0.15, 0.2) is 48.5 Å². The van der Waals surface area contributed by atoms with Crippen LogP contribution in [0.5, 0.6) is 5.75 Å². The van der Waals surface area contributed by atoms with Gasteiger partial charge >= 0.3 is 11.8 Å². The molecule has 7 heteroatoms. The molecule has 0 saturated carbocycles. The van der Waals surface area contributed by atoms with Crippen LogP contribution in [-0.4, -0.2) is 54.3 Å². The SMILES string of the molecule is CCN1CCN(Cc2ccc(C(=O)NCc3ccc(OC)cc3)cc2)C(=O)C1=O. The zero-order valence-electron chi connectivity index (χ0n) is 16.7. The van der Waals surface area contributed by atoms with Gasteiger partial charge in [-0.1, -0.05) is 24.3 Å².